The molecule has 0 fully saturated rings. The van der Waals surface area contributed by atoms with Crippen LogP contribution in [0.25, 0.3) is 0 Å². The van der Waals surface area contributed by atoms with E-state index in [0.717, 1.165) is 12.5 Å². The highest BCUT2D eigenvalue weighted by molar-refractivity contribution is 4.58. The van der Waals surface area contributed by atoms with Crippen molar-refractivity contribution >= 4 is 0 Å². The maximum absolute atomic E-state index is 8.93. The third kappa shape index (κ3) is 7.82. The van der Waals surface area contributed by atoms with Crippen LogP contribution in [0.1, 0.15) is 33.6 Å². The summed E-state index contributed by atoms with van der Waals surface area (Å²) in [4.78, 5) is 0. The molecule has 68 valence electrons. The van der Waals surface area contributed by atoms with Crippen LogP contribution >= 0.6 is 0 Å². The van der Waals surface area contributed by atoms with Crippen LogP contribution in [-0.4, -0.2) is 24.3 Å². The van der Waals surface area contributed by atoms with E-state index in [1.54, 1.807) is 6.92 Å². The maximum atomic E-state index is 8.93. The normalized spacial score (nSPS) is 16.4. The molecule has 0 aromatic carbocycles. The standard InChI is InChI=1S/C9H21NO/c1-4-5-8(2)6-10-7-9(3)11/h8-11H,4-7H2,1-3H3. The van der Waals surface area contributed by atoms with Gasteiger partial charge in [0.2, 0.25) is 0 Å². The number of nitrogens with one attached hydrogen (secondary N) is 1. The smallest absolute Gasteiger partial charge is 0.0636 e. The monoisotopic (exact) mass is 159 g/mol. The molecule has 0 saturated carbocycles. The fourth-order valence-electron chi connectivity index (χ4n) is 1.13. The van der Waals surface area contributed by atoms with E-state index in [1.807, 2.05) is 0 Å². The molecule has 2 unspecified atom stereocenters. The average Bonchev–Trinajstić information content (AvgIpc) is 1.87. The van der Waals surface area contributed by atoms with Gasteiger partial charge in [-0.2, -0.15) is 0 Å². The molecular weight excluding hydrogens is 138 g/mol. The lowest BCUT2D eigenvalue weighted by Gasteiger charge is -2.12. The molecule has 0 aromatic rings. The molecule has 0 radical (unpaired) electrons. The van der Waals surface area contributed by atoms with Gasteiger partial charge in [0.25, 0.3) is 0 Å². The zero-order valence-corrected chi connectivity index (χ0v) is 7.93. The fourth-order valence-corrected chi connectivity index (χ4v) is 1.13. The van der Waals surface area contributed by atoms with Gasteiger partial charge in [0.15, 0.2) is 0 Å². The molecule has 0 saturated heterocycles. The van der Waals surface area contributed by atoms with E-state index in [1.165, 1.54) is 12.8 Å². The largest absolute Gasteiger partial charge is 0.392 e. The summed E-state index contributed by atoms with van der Waals surface area (Å²) >= 11 is 0. The van der Waals surface area contributed by atoms with Gasteiger partial charge in [0, 0.05) is 6.54 Å². The van der Waals surface area contributed by atoms with Crippen molar-refractivity contribution < 1.29 is 5.11 Å². The van der Waals surface area contributed by atoms with Gasteiger partial charge in [-0.1, -0.05) is 20.3 Å². The van der Waals surface area contributed by atoms with Crippen LogP contribution in [0.4, 0.5) is 0 Å². The highest BCUT2D eigenvalue weighted by Gasteiger charge is 2.00. The molecule has 0 rings (SSSR count). The first kappa shape index (κ1) is 10.9. The van der Waals surface area contributed by atoms with Gasteiger partial charge in [-0.05, 0) is 25.8 Å². The van der Waals surface area contributed by atoms with Crippen LogP contribution in [0, 0.1) is 5.92 Å². The number of hydrogen-bond acceptors (Lipinski definition) is 2. The third-order valence-electron chi connectivity index (χ3n) is 1.71. The van der Waals surface area contributed by atoms with Crippen molar-refractivity contribution in [2.24, 2.45) is 5.92 Å². The Morgan fingerprint density at radius 1 is 1.27 bits per heavy atom. The summed E-state index contributed by atoms with van der Waals surface area (Å²) in [6.45, 7) is 7.98. The Labute approximate surface area is 70.0 Å². The van der Waals surface area contributed by atoms with Crippen molar-refractivity contribution in [3.8, 4) is 0 Å². The predicted octanol–water partition coefficient (Wildman–Crippen LogP) is 1.39. The SMILES string of the molecule is CCCC(C)CNCC(C)O. The number of hydrogen-bond donors (Lipinski definition) is 2. The summed E-state index contributed by atoms with van der Waals surface area (Å²) in [6.07, 6.45) is 2.30. The summed E-state index contributed by atoms with van der Waals surface area (Å²) in [5.41, 5.74) is 0. The molecule has 2 nitrogen and oxygen atoms in total. The highest BCUT2D eigenvalue weighted by Crippen LogP contribution is 2.02. The van der Waals surface area contributed by atoms with Crippen molar-refractivity contribution in [2.75, 3.05) is 13.1 Å². The summed E-state index contributed by atoms with van der Waals surface area (Å²) in [5, 5.41) is 12.2. The van der Waals surface area contributed by atoms with Crippen LogP contribution < -0.4 is 5.32 Å². The molecule has 2 atom stereocenters. The Bertz CT molecular complexity index is 83.6. The number of aliphatic hydroxyl groups excluding tert-OH is 1. The molecule has 0 aliphatic heterocycles. The van der Waals surface area contributed by atoms with Crippen molar-refractivity contribution in [1.29, 1.82) is 0 Å². The fraction of sp³-hybridized carbons (Fsp3) is 1.00. The quantitative estimate of drug-likeness (QED) is 0.614. The highest BCUT2D eigenvalue weighted by atomic mass is 16.3. The van der Waals surface area contributed by atoms with E-state index in [2.05, 4.69) is 19.2 Å². The molecular formula is C9H21NO. The Morgan fingerprint density at radius 3 is 2.36 bits per heavy atom. The molecule has 2 N–H and O–H groups in total. The summed E-state index contributed by atoms with van der Waals surface area (Å²) < 4.78 is 0. The minimum atomic E-state index is -0.219. The van der Waals surface area contributed by atoms with Crippen molar-refractivity contribution in [1.82, 2.24) is 5.32 Å². The summed E-state index contributed by atoms with van der Waals surface area (Å²) in [6, 6.07) is 0. The van der Waals surface area contributed by atoms with Gasteiger partial charge >= 0.3 is 0 Å². The van der Waals surface area contributed by atoms with Crippen LogP contribution in [0.5, 0.6) is 0 Å². The number of aliphatic hydroxyl groups is 1. The summed E-state index contributed by atoms with van der Waals surface area (Å²) in [5.74, 6) is 0.735. The second-order valence-electron chi connectivity index (χ2n) is 3.40. The maximum Gasteiger partial charge on any atom is 0.0636 e. The molecule has 11 heavy (non-hydrogen) atoms. The minimum absolute atomic E-state index is 0.219. The van der Waals surface area contributed by atoms with E-state index in [0.29, 0.717) is 6.54 Å². The van der Waals surface area contributed by atoms with E-state index in [4.69, 9.17) is 5.11 Å². The lowest BCUT2D eigenvalue weighted by molar-refractivity contribution is 0.189. The van der Waals surface area contributed by atoms with Crippen LogP contribution in [0.2, 0.25) is 0 Å². The Balaban J connectivity index is 3.10. The van der Waals surface area contributed by atoms with Gasteiger partial charge in [-0.15, -0.1) is 0 Å². The molecule has 2 heteroatoms. The van der Waals surface area contributed by atoms with Gasteiger partial charge in [0.1, 0.15) is 0 Å². The first-order chi connectivity index (χ1) is 5.16. The minimum Gasteiger partial charge on any atom is -0.392 e. The first-order valence-corrected chi connectivity index (χ1v) is 4.55. The van der Waals surface area contributed by atoms with Crippen molar-refractivity contribution in [3.05, 3.63) is 0 Å². The van der Waals surface area contributed by atoms with E-state index >= 15 is 0 Å². The third-order valence-corrected chi connectivity index (χ3v) is 1.71. The van der Waals surface area contributed by atoms with Crippen molar-refractivity contribution in [3.63, 3.8) is 0 Å². The lowest BCUT2D eigenvalue weighted by atomic mass is 10.1. The topological polar surface area (TPSA) is 32.3 Å². The van der Waals surface area contributed by atoms with Crippen molar-refractivity contribution in [2.45, 2.75) is 39.7 Å². The van der Waals surface area contributed by atoms with Crippen LogP contribution in [0.3, 0.4) is 0 Å². The average molecular weight is 159 g/mol. The van der Waals surface area contributed by atoms with Gasteiger partial charge in [-0.25, -0.2) is 0 Å². The second kappa shape index (κ2) is 6.62. The molecule has 0 amide bonds. The predicted molar refractivity (Wildman–Crippen MR) is 48.6 cm³/mol. The number of rotatable bonds is 6. The van der Waals surface area contributed by atoms with E-state index in [-0.39, 0.29) is 6.10 Å². The Hall–Kier alpha value is -0.0800. The molecule has 0 spiro atoms. The van der Waals surface area contributed by atoms with Crippen LogP contribution in [0.15, 0.2) is 0 Å². The molecule has 0 heterocycles. The molecule has 0 aromatic heterocycles. The lowest BCUT2D eigenvalue weighted by Crippen LogP contribution is -2.28. The van der Waals surface area contributed by atoms with Gasteiger partial charge in [0.05, 0.1) is 6.10 Å². The summed E-state index contributed by atoms with van der Waals surface area (Å²) in [7, 11) is 0. The molecule has 0 bridgehead atoms. The molecule has 0 aliphatic rings. The van der Waals surface area contributed by atoms with Gasteiger partial charge < -0.3 is 10.4 Å². The zero-order chi connectivity index (χ0) is 8.69. The molecule has 0 aliphatic carbocycles. The first-order valence-electron chi connectivity index (χ1n) is 4.55. The van der Waals surface area contributed by atoms with E-state index in [9.17, 15) is 0 Å². The van der Waals surface area contributed by atoms with E-state index < -0.39 is 0 Å². The van der Waals surface area contributed by atoms with Gasteiger partial charge in [-0.3, -0.25) is 0 Å². The second-order valence-corrected chi connectivity index (χ2v) is 3.40. The Kier molecular flexibility index (Phi) is 6.57. The van der Waals surface area contributed by atoms with Crippen LogP contribution in [-0.2, 0) is 0 Å². The zero-order valence-electron chi connectivity index (χ0n) is 7.93. The Morgan fingerprint density at radius 2 is 1.91 bits per heavy atom.